The summed E-state index contributed by atoms with van der Waals surface area (Å²) in [6.45, 7) is 3.55. The van der Waals surface area contributed by atoms with Crippen molar-refractivity contribution < 1.29 is 14.0 Å². The van der Waals surface area contributed by atoms with Crippen molar-refractivity contribution >= 4 is 11.8 Å². The zero-order chi connectivity index (χ0) is 22.1. The molecule has 0 saturated carbocycles. The van der Waals surface area contributed by atoms with Crippen LogP contribution < -0.4 is 5.73 Å². The normalized spacial score (nSPS) is 15.9. The van der Waals surface area contributed by atoms with Gasteiger partial charge in [-0.05, 0) is 67.6 Å². The molecule has 2 heterocycles. The second kappa shape index (κ2) is 8.26. The number of carbonyl (C=O) groups excluding carboxylic acids is 2. The highest BCUT2D eigenvalue weighted by molar-refractivity contribution is 5.98. The average molecular weight is 418 g/mol. The van der Waals surface area contributed by atoms with Gasteiger partial charge in [-0.3, -0.25) is 19.6 Å². The van der Waals surface area contributed by atoms with Gasteiger partial charge >= 0.3 is 0 Å². The molecule has 4 rings (SSSR count). The molecule has 1 aliphatic rings. The highest BCUT2D eigenvalue weighted by atomic mass is 19.1. The maximum absolute atomic E-state index is 14.6. The lowest BCUT2D eigenvalue weighted by atomic mass is 9.97. The number of hydrogen-bond acceptors (Lipinski definition) is 4. The number of aryl methyl sites for hydroxylation is 2. The number of fused-ring (bicyclic) bond motifs is 1. The number of carbonyl (C=O) groups is 2. The molecule has 1 aromatic carbocycles. The van der Waals surface area contributed by atoms with Crippen molar-refractivity contribution in [2.24, 2.45) is 5.73 Å². The second-order valence-electron chi connectivity index (χ2n) is 7.81. The van der Waals surface area contributed by atoms with Gasteiger partial charge in [-0.25, -0.2) is 4.39 Å². The Labute approximate surface area is 179 Å². The van der Waals surface area contributed by atoms with Crippen LogP contribution in [-0.4, -0.2) is 26.7 Å². The van der Waals surface area contributed by atoms with Crippen molar-refractivity contribution in [3.05, 3.63) is 94.3 Å². The maximum Gasteiger partial charge on any atom is 0.257 e. The van der Waals surface area contributed by atoms with Crippen molar-refractivity contribution in [1.29, 1.82) is 0 Å². The largest absolute Gasteiger partial charge is 0.368 e. The minimum absolute atomic E-state index is 0.292. The molecule has 0 radical (unpaired) electrons. The fourth-order valence-corrected chi connectivity index (χ4v) is 4.37. The van der Waals surface area contributed by atoms with Crippen LogP contribution >= 0.6 is 0 Å². The Morgan fingerprint density at radius 1 is 1.19 bits per heavy atom. The standard InChI is InChI=1S/C24H23FN4O2/c1-14-11-19-18(20(25)12-14)7-8-21(19)29(24(31)17-6-4-10-28-15(17)2)22(23(26)30)16-5-3-9-27-13-16/h3-6,9-13,21-22H,7-8H2,1-2H3,(H2,26,30)/t21-,22-/m1/s1. The quantitative estimate of drug-likeness (QED) is 0.686. The number of amides is 2. The fourth-order valence-electron chi connectivity index (χ4n) is 4.37. The number of benzene rings is 1. The molecule has 1 aliphatic carbocycles. The molecule has 3 aromatic rings. The molecular weight excluding hydrogens is 395 g/mol. The Kier molecular flexibility index (Phi) is 5.50. The van der Waals surface area contributed by atoms with Crippen LogP contribution in [0.25, 0.3) is 0 Å². The Morgan fingerprint density at radius 2 is 1.97 bits per heavy atom. The van der Waals surface area contributed by atoms with E-state index in [2.05, 4.69) is 9.97 Å². The van der Waals surface area contributed by atoms with Crippen LogP contribution in [0.2, 0.25) is 0 Å². The summed E-state index contributed by atoms with van der Waals surface area (Å²) in [5.74, 6) is -1.35. The summed E-state index contributed by atoms with van der Waals surface area (Å²) in [7, 11) is 0. The van der Waals surface area contributed by atoms with Crippen LogP contribution in [0.3, 0.4) is 0 Å². The van der Waals surface area contributed by atoms with Crippen LogP contribution in [0.15, 0.2) is 55.0 Å². The Morgan fingerprint density at radius 3 is 2.65 bits per heavy atom. The van der Waals surface area contributed by atoms with Gasteiger partial charge in [-0.2, -0.15) is 0 Å². The van der Waals surface area contributed by atoms with E-state index < -0.39 is 18.0 Å². The van der Waals surface area contributed by atoms with E-state index in [1.165, 1.54) is 17.2 Å². The van der Waals surface area contributed by atoms with Gasteiger partial charge in [0.2, 0.25) is 5.91 Å². The third-order valence-corrected chi connectivity index (χ3v) is 5.76. The molecule has 2 N–H and O–H groups in total. The first-order valence-electron chi connectivity index (χ1n) is 10.1. The molecule has 2 amide bonds. The number of aromatic nitrogens is 2. The SMILES string of the molecule is Cc1cc(F)c2c(c1)[C@H](N(C(=O)c1cccnc1C)[C@@H](C(N)=O)c1cccnc1)CC2. The summed E-state index contributed by atoms with van der Waals surface area (Å²) in [5.41, 5.74) is 9.28. The van der Waals surface area contributed by atoms with Crippen LogP contribution in [0.5, 0.6) is 0 Å². The highest BCUT2D eigenvalue weighted by Gasteiger charge is 2.40. The van der Waals surface area contributed by atoms with Crippen molar-refractivity contribution in [3.63, 3.8) is 0 Å². The van der Waals surface area contributed by atoms with E-state index in [4.69, 9.17) is 5.73 Å². The Balaban J connectivity index is 1.90. The first-order chi connectivity index (χ1) is 14.9. The van der Waals surface area contributed by atoms with E-state index in [1.54, 1.807) is 43.6 Å². The van der Waals surface area contributed by atoms with Crippen LogP contribution in [-0.2, 0) is 11.2 Å². The molecule has 31 heavy (non-hydrogen) atoms. The minimum atomic E-state index is -1.06. The van der Waals surface area contributed by atoms with Gasteiger partial charge in [0.25, 0.3) is 5.91 Å². The van der Waals surface area contributed by atoms with Gasteiger partial charge in [0, 0.05) is 29.8 Å². The molecule has 158 valence electrons. The highest BCUT2D eigenvalue weighted by Crippen LogP contribution is 2.42. The van der Waals surface area contributed by atoms with Gasteiger partial charge in [0.05, 0.1) is 11.6 Å². The first-order valence-corrected chi connectivity index (χ1v) is 10.1. The van der Waals surface area contributed by atoms with Gasteiger partial charge in [0.15, 0.2) is 0 Å². The van der Waals surface area contributed by atoms with E-state index >= 15 is 0 Å². The zero-order valence-electron chi connectivity index (χ0n) is 17.4. The van der Waals surface area contributed by atoms with Gasteiger partial charge in [0.1, 0.15) is 11.9 Å². The summed E-state index contributed by atoms with van der Waals surface area (Å²) < 4.78 is 14.6. The number of primary amides is 1. The lowest BCUT2D eigenvalue weighted by molar-refractivity contribution is -0.123. The monoisotopic (exact) mass is 418 g/mol. The van der Waals surface area contributed by atoms with E-state index in [9.17, 15) is 14.0 Å². The van der Waals surface area contributed by atoms with Crippen LogP contribution in [0.4, 0.5) is 4.39 Å². The van der Waals surface area contributed by atoms with E-state index in [0.717, 1.165) is 5.56 Å². The zero-order valence-corrected chi connectivity index (χ0v) is 17.4. The molecule has 0 spiro atoms. The Hall–Kier alpha value is -3.61. The van der Waals surface area contributed by atoms with E-state index in [-0.39, 0.29) is 11.7 Å². The molecule has 0 saturated heterocycles. The van der Waals surface area contributed by atoms with Gasteiger partial charge in [-0.15, -0.1) is 0 Å². The van der Waals surface area contributed by atoms with Gasteiger partial charge in [-0.1, -0.05) is 12.1 Å². The van der Waals surface area contributed by atoms with Crippen molar-refractivity contribution in [2.75, 3.05) is 0 Å². The summed E-state index contributed by atoms with van der Waals surface area (Å²) >= 11 is 0. The summed E-state index contributed by atoms with van der Waals surface area (Å²) in [6.07, 6.45) is 5.68. The summed E-state index contributed by atoms with van der Waals surface area (Å²) in [6, 6.07) is 8.56. The van der Waals surface area contributed by atoms with Gasteiger partial charge < -0.3 is 10.6 Å². The molecule has 0 bridgehead atoms. The second-order valence-corrected chi connectivity index (χ2v) is 7.81. The lowest BCUT2D eigenvalue weighted by Gasteiger charge is -2.36. The van der Waals surface area contributed by atoms with Crippen molar-refractivity contribution in [1.82, 2.24) is 14.9 Å². The van der Waals surface area contributed by atoms with Crippen molar-refractivity contribution in [3.8, 4) is 0 Å². The Bertz CT molecular complexity index is 1150. The maximum atomic E-state index is 14.6. The molecule has 0 unspecified atom stereocenters. The average Bonchev–Trinajstić information content (AvgIpc) is 3.16. The number of hydrogen-bond donors (Lipinski definition) is 1. The molecule has 0 fully saturated rings. The topological polar surface area (TPSA) is 89.2 Å². The van der Waals surface area contributed by atoms with Crippen molar-refractivity contribution in [2.45, 2.75) is 38.8 Å². The van der Waals surface area contributed by atoms with Crippen LogP contribution in [0, 0.1) is 19.7 Å². The molecule has 2 aromatic heterocycles. The number of nitrogens with zero attached hydrogens (tertiary/aromatic N) is 3. The number of rotatable bonds is 5. The predicted octanol–water partition coefficient (Wildman–Crippen LogP) is 3.59. The smallest absolute Gasteiger partial charge is 0.257 e. The third-order valence-electron chi connectivity index (χ3n) is 5.76. The first kappa shape index (κ1) is 20.7. The van der Waals surface area contributed by atoms with Crippen LogP contribution in [0.1, 0.15) is 56.8 Å². The van der Waals surface area contributed by atoms with E-state index in [0.29, 0.717) is 40.8 Å². The summed E-state index contributed by atoms with van der Waals surface area (Å²) in [4.78, 5) is 36.3. The number of nitrogens with two attached hydrogens (primary N) is 1. The fraction of sp³-hybridized carbons (Fsp3) is 0.250. The number of pyridine rings is 2. The molecule has 6 nitrogen and oxygen atoms in total. The predicted molar refractivity (Wildman–Crippen MR) is 114 cm³/mol. The lowest BCUT2D eigenvalue weighted by Crippen LogP contribution is -2.43. The molecular formula is C24H23FN4O2. The minimum Gasteiger partial charge on any atom is -0.368 e. The molecule has 0 aliphatic heterocycles. The molecule has 2 atom stereocenters. The summed E-state index contributed by atoms with van der Waals surface area (Å²) in [5, 5.41) is 0. The molecule has 7 heteroatoms. The third kappa shape index (κ3) is 3.79. The number of halogens is 1. The van der Waals surface area contributed by atoms with E-state index in [1.807, 2.05) is 13.0 Å².